The molecule has 0 spiro atoms. The number of ether oxygens (including phenoxy) is 1. The number of benzene rings is 1. The molecular weight excluding hydrogens is 300 g/mol. The molecule has 4 saturated heterocycles. The zero-order valence-electron chi connectivity index (χ0n) is 14.7. The lowest BCUT2D eigenvalue weighted by molar-refractivity contribution is -0.142. The molecule has 1 amide bonds. The number of rotatable bonds is 4. The predicted molar refractivity (Wildman–Crippen MR) is 93.9 cm³/mol. The van der Waals surface area contributed by atoms with Gasteiger partial charge < -0.3 is 9.64 Å². The first-order valence-electron chi connectivity index (χ1n) is 9.35. The van der Waals surface area contributed by atoms with Gasteiger partial charge in [-0.1, -0.05) is 30.3 Å². The number of hydrogen-bond acceptors (Lipinski definition) is 3. The molecule has 2 bridgehead atoms. The smallest absolute Gasteiger partial charge is 0.248 e. The standard InChI is InChI=1S/C20H28N2O2/c1-14(2)24-13-18(23)22-12-17(15-6-4-3-5-7-15)20-19(22)16-8-10-21(20)11-9-16/h3-7,14,16-17,19-20H,8-13H2,1-2H3/t17-,19+,20+/m0/s1. The SMILES string of the molecule is CC(C)OCC(=O)N1C[C@@H](c2ccccc2)[C@@H]2[C@H]1C1CCN2CC1. The van der Waals surface area contributed by atoms with Crippen molar-refractivity contribution < 1.29 is 9.53 Å². The van der Waals surface area contributed by atoms with Crippen molar-refractivity contribution in [1.82, 2.24) is 9.80 Å². The molecule has 0 unspecified atom stereocenters. The van der Waals surface area contributed by atoms with Crippen LogP contribution in [0.2, 0.25) is 0 Å². The monoisotopic (exact) mass is 328 g/mol. The minimum Gasteiger partial charge on any atom is -0.369 e. The summed E-state index contributed by atoms with van der Waals surface area (Å²) in [5.41, 5.74) is 1.38. The van der Waals surface area contributed by atoms with Crippen LogP contribution in [0.4, 0.5) is 0 Å². The first-order chi connectivity index (χ1) is 11.6. The van der Waals surface area contributed by atoms with Crippen LogP contribution in [0.5, 0.6) is 0 Å². The van der Waals surface area contributed by atoms with Gasteiger partial charge in [0.25, 0.3) is 0 Å². The Hall–Kier alpha value is -1.39. The summed E-state index contributed by atoms with van der Waals surface area (Å²) < 4.78 is 5.61. The van der Waals surface area contributed by atoms with Crippen molar-refractivity contribution in [2.24, 2.45) is 5.92 Å². The topological polar surface area (TPSA) is 32.8 Å². The minimum absolute atomic E-state index is 0.101. The summed E-state index contributed by atoms with van der Waals surface area (Å²) in [4.78, 5) is 17.6. The molecule has 1 aromatic rings. The van der Waals surface area contributed by atoms with Crippen molar-refractivity contribution in [2.45, 2.75) is 50.8 Å². The van der Waals surface area contributed by atoms with E-state index in [9.17, 15) is 4.79 Å². The molecule has 0 aromatic heterocycles. The number of likely N-dealkylation sites (tertiary alicyclic amines) is 1. The van der Waals surface area contributed by atoms with Crippen LogP contribution in [0.25, 0.3) is 0 Å². The van der Waals surface area contributed by atoms with Crippen LogP contribution in [0.3, 0.4) is 0 Å². The van der Waals surface area contributed by atoms with E-state index < -0.39 is 0 Å². The van der Waals surface area contributed by atoms with E-state index in [1.807, 2.05) is 13.8 Å². The Morgan fingerprint density at radius 3 is 2.54 bits per heavy atom. The Labute approximate surface area is 144 Å². The fraction of sp³-hybridized carbons (Fsp3) is 0.650. The van der Waals surface area contributed by atoms with Crippen LogP contribution < -0.4 is 0 Å². The lowest BCUT2D eigenvalue weighted by Gasteiger charge is -2.51. The summed E-state index contributed by atoms with van der Waals surface area (Å²) in [7, 11) is 0. The molecule has 130 valence electrons. The van der Waals surface area contributed by atoms with Gasteiger partial charge in [0, 0.05) is 18.5 Å². The van der Waals surface area contributed by atoms with Crippen molar-refractivity contribution in [2.75, 3.05) is 26.2 Å². The summed E-state index contributed by atoms with van der Waals surface area (Å²) in [6.45, 7) is 7.42. The number of nitrogens with zero attached hydrogens (tertiary/aromatic N) is 2. The van der Waals surface area contributed by atoms with E-state index in [4.69, 9.17) is 4.74 Å². The number of carbonyl (C=O) groups excluding carboxylic acids is 1. The van der Waals surface area contributed by atoms with Crippen molar-refractivity contribution >= 4 is 5.91 Å². The van der Waals surface area contributed by atoms with Crippen LogP contribution in [0, 0.1) is 5.92 Å². The van der Waals surface area contributed by atoms with Crippen LogP contribution in [-0.4, -0.2) is 60.1 Å². The molecule has 4 fully saturated rings. The maximum atomic E-state index is 12.8. The zero-order chi connectivity index (χ0) is 16.7. The summed E-state index contributed by atoms with van der Waals surface area (Å²) in [6, 6.07) is 11.6. The Bertz CT molecular complexity index is 581. The van der Waals surface area contributed by atoms with Gasteiger partial charge >= 0.3 is 0 Å². The van der Waals surface area contributed by atoms with Crippen LogP contribution >= 0.6 is 0 Å². The molecule has 3 atom stereocenters. The first-order valence-corrected chi connectivity index (χ1v) is 9.35. The van der Waals surface area contributed by atoms with Gasteiger partial charge in [0.1, 0.15) is 6.61 Å². The molecule has 0 N–H and O–H groups in total. The Balaban J connectivity index is 1.60. The fourth-order valence-corrected chi connectivity index (χ4v) is 5.02. The maximum absolute atomic E-state index is 12.8. The van der Waals surface area contributed by atoms with Crippen LogP contribution in [0.15, 0.2) is 30.3 Å². The Kier molecular flexibility index (Phi) is 4.35. The highest BCUT2D eigenvalue weighted by molar-refractivity contribution is 5.78. The second kappa shape index (κ2) is 6.49. The highest BCUT2D eigenvalue weighted by Gasteiger charge is 2.54. The number of fused-ring (bicyclic) bond motifs is 2. The molecule has 4 heterocycles. The number of carbonyl (C=O) groups is 1. The number of hydrogen-bond donors (Lipinski definition) is 0. The molecule has 4 nitrogen and oxygen atoms in total. The lowest BCUT2D eigenvalue weighted by atomic mass is 9.75. The predicted octanol–water partition coefficient (Wildman–Crippen LogP) is 2.50. The molecule has 0 radical (unpaired) electrons. The van der Waals surface area contributed by atoms with E-state index in [1.54, 1.807) is 0 Å². The van der Waals surface area contributed by atoms with Gasteiger partial charge in [-0.05, 0) is 51.3 Å². The minimum atomic E-state index is 0.101. The second-order valence-electron chi connectivity index (χ2n) is 7.78. The third kappa shape index (κ3) is 2.76. The number of piperidine rings is 3. The summed E-state index contributed by atoms with van der Waals surface area (Å²) in [6.07, 6.45) is 2.57. The fourth-order valence-electron chi connectivity index (χ4n) is 5.02. The van der Waals surface area contributed by atoms with Crippen molar-refractivity contribution in [3.63, 3.8) is 0 Å². The van der Waals surface area contributed by atoms with Gasteiger partial charge in [0.2, 0.25) is 5.91 Å². The molecule has 1 aromatic carbocycles. The van der Waals surface area contributed by atoms with Gasteiger partial charge in [-0.3, -0.25) is 9.69 Å². The second-order valence-corrected chi connectivity index (χ2v) is 7.78. The van der Waals surface area contributed by atoms with E-state index in [1.165, 1.54) is 31.5 Å². The highest BCUT2D eigenvalue weighted by atomic mass is 16.5. The molecule has 4 heteroatoms. The Morgan fingerprint density at radius 1 is 1.17 bits per heavy atom. The molecular formula is C20H28N2O2. The van der Waals surface area contributed by atoms with Gasteiger partial charge in [-0.25, -0.2) is 0 Å². The average molecular weight is 328 g/mol. The first kappa shape index (κ1) is 16.1. The summed E-state index contributed by atoms with van der Waals surface area (Å²) in [5, 5.41) is 0. The molecule has 0 saturated carbocycles. The molecule has 0 aliphatic carbocycles. The zero-order valence-corrected chi connectivity index (χ0v) is 14.7. The van der Waals surface area contributed by atoms with Gasteiger partial charge in [0.15, 0.2) is 0 Å². The van der Waals surface area contributed by atoms with E-state index >= 15 is 0 Å². The van der Waals surface area contributed by atoms with E-state index in [-0.39, 0.29) is 18.6 Å². The van der Waals surface area contributed by atoms with Crippen LogP contribution in [-0.2, 0) is 9.53 Å². The Morgan fingerprint density at radius 2 is 1.88 bits per heavy atom. The van der Waals surface area contributed by atoms with E-state index in [2.05, 4.69) is 40.1 Å². The van der Waals surface area contributed by atoms with Crippen molar-refractivity contribution in [1.29, 1.82) is 0 Å². The van der Waals surface area contributed by atoms with Crippen LogP contribution in [0.1, 0.15) is 38.2 Å². The summed E-state index contributed by atoms with van der Waals surface area (Å²) >= 11 is 0. The van der Waals surface area contributed by atoms with Gasteiger partial charge in [-0.2, -0.15) is 0 Å². The lowest BCUT2D eigenvalue weighted by Crippen LogP contribution is -2.61. The molecule has 5 rings (SSSR count). The molecule has 4 aliphatic heterocycles. The third-order valence-electron chi connectivity index (χ3n) is 6.08. The maximum Gasteiger partial charge on any atom is 0.248 e. The largest absolute Gasteiger partial charge is 0.369 e. The van der Waals surface area contributed by atoms with E-state index in [0.717, 1.165) is 6.54 Å². The molecule has 4 aliphatic rings. The van der Waals surface area contributed by atoms with Gasteiger partial charge in [0.05, 0.1) is 12.1 Å². The highest BCUT2D eigenvalue weighted by Crippen LogP contribution is 2.46. The van der Waals surface area contributed by atoms with Gasteiger partial charge in [-0.15, -0.1) is 0 Å². The summed E-state index contributed by atoms with van der Waals surface area (Å²) in [5.74, 6) is 1.27. The normalized spacial score (nSPS) is 34.6. The third-order valence-corrected chi connectivity index (χ3v) is 6.08. The van der Waals surface area contributed by atoms with Crippen molar-refractivity contribution in [3.05, 3.63) is 35.9 Å². The van der Waals surface area contributed by atoms with Crippen molar-refractivity contribution in [3.8, 4) is 0 Å². The quantitative estimate of drug-likeness (QED) is 0.851. The average Bonchev–Trinajstić information content (AvgIpc) is 3.04. The number of amides is 1. The molecule has 24 heavy (non-hydrogen) atoms. The van der Waals surface area contributed by atoms with E-state index in [0.29, 0.717) is 23.9 Å².